The summed E-state index contributed by atoms with van der Waals surface area (Å²) in [6.45, 7) is 10.3. The number of hydrogen-bond donors (Lipinski definition) is 1. The van der Waals surface area contributed by atoms with Crippen molar-refractivity contribution in [2.75, 3.05) is 6.61 Å². The number of primary amides is 1. The summed E-state index contributed by atoms with van der Waals surface area (Å²) in [5.41, 5.74) is 8.09. The van der Waals surface area contributed by atoms with Crippen molar-refractivity contribution in [3.8, 4) is 23.0 Å². The molecule has 2 N–H and O–H groups in total. The molecule has 3 aromatic heterocycles. The standard InChI is InChI=1S/C26H27ClN4O5/c1-6-31-26(34-7-2)18(12-29-31)23-14(4)22(32)17-11-13(3)10-16(24(17)36-23)15(5)35-19-8-9-20(27)30-21(19)25(28)33/h8-12,15H,6-7H2,1-5H3,(H2,28,33). The van der Waals surface area contributed by atoms with E-state index in [0.717, 1.165) is 5.56 Å². The van der Waals surface area contributed by atoms with Gasteiger partial charge in [-0.25, -0.2) is 9.67 Å². The van der Waals surface area contributed by atoms with Crippen LogP contribution in [0.4, 0.5) is 0 Å². The minimum absolute atomic E-state index is 0.0855. The number of amides is 1. The maximum atomic E-state index is 13.5. The molecular weight excluding hydrogens is 484 g/mol. The van der Waals surface area contributed by atoms with Crippen LogP contribution in [0.15, 0.2) is 39.7 Å². The number of carbonyl (C=O) groups is 1. The first-order chi connectivity index (χ1) is 17.2. The molecule has 0 aliphatic rings. The summed E-state index contributed by atoms with van der Waals surface area (Å²) in [5.74, 6) is 0.307. The Bertz CT molecular complexity index is 1530. The Labute approximate surface area is 212 Å². The molecule has 0 saturated heterocycles. The number of nitrogens with two attached hydrogens (primary N) is 1. The lowest BCUT2D eigenvalue weighted by Gasteiger charge is -2.19. The number of aromatic nitrogens is 3. The van der Waals surface area contributed by atoms with Gasteiger partial charge in [-0.2, -0.15) is 5.10 Å². The van der Waals surface area contributed by atoms with Gasteiger partial charge in [-0.15, -0.1) is 0 Å². The second-order valence-corrected chi connectivity index (χ2v) is 8.72. The minimum Gasteiger partial charge on any atom is -0.483 e. The molecule has 1 amide bonds. The number of hydrogen-bond acceptors (Lipinski definition) is 7. The van der Waals surface area contributed by atoms with Crippen molar-refractivity contribution in [3.63, 3.8) is 0 Å². The number of fused-ring (bicyclic) bond motifs is 1. The van der Waals surface area contributed by atoms with Gasteiger partial charge >= 0.3 is 0 Å². The number of aryl methyl sites for hydroxylation is 2. The molecule has 1 atom stereocenters. The average Bonchev–Trinajstić information content (AvgIpc) is 3.24. The molecule has 10 heteroatoms. The lowest BCUT2D eigenvalue weighted by molar-refractivity contribution is 0.0988. The summed E-state index contributed by atoms with van der Waals surface area (Å²) < 4.78 is 20.0. The van der Waals surface area contributed by atoms with Gasteiger partial charge in [0, 0.05) is 17.7 Å². The topological polar surface area (TPSA) is 122 Å². The third-order valence-electron chi connectivity index (χ3n) is 5.81. The monoisotopic (exact) mass is 510 g/mol. The van der Waals surface area contributed by atoms with Crippen LogP contribution in [0.25, 0.3) is 22.3 Å². The largest absolute Gasteiger partial charge is 0.483 e. The lowest BCUT2D eigenvalue weighted by Crippen LogP contribution is -2.17. The predicted octanol–water partition coefficient (Wildman–Crippen LogP) is 4.98. The Morgan fingerprint density at radius 1 is 1.25 bits per heavy atom. The molecule has 0 radical (unpaired) electrons. The van der Waals surface area contributed by atoms with Crippen LogP contribution in [-0.2, 0) is 6.54 Å². The number of carbonyl (C=O) groups excluding carboxylic acids is 1. The van der Waals surface area contributed by atoms with Crippen molar-refractivity contribution in [1.82, 2.24) is 14.8 Å². The second-order valence-electron chi connectivity index (χ2n) is 8.33. The SMILES string of the molecule is CCOc1c(-c2oc3c(C(C)Oc4ccc(Cl)nc4C(N)=O)cc(C)cc3c(=O)c2C)cnn1CC. The first kappa shape index (κ1) is 25.2. The van der Waals surface area contributed by atoms with E-state index in [2.05, 4.69) is 10.1 Å². The van der Waals surface area contributed by atoms with E-state index < -0.39 is 12.0 Å². The fraction of sp³-hybridized carbons (Fsp3) is 0.308. The molecule has 0 aliphatic carbocycles. The average molecular weight is 511 g/mol. The van der Waals surface area contributed by atoms with Crippen LogP contribution in [0.3, 0.4) is 0 Å². The number of rotatable bonds is 8. The van der Waals surface area contributed by atoms with Gasteiger partial charge in [0.1, 0.15) is 22.6 Å². The van der Waals surface area contributed by atoms with Crippen LogP contribution >= 0.6 is 11.6 Å². The van der Waals surface area contributed by atoms with Crippen LogP contribution in [-0.4, -0.2) is 27.3 Å². The summed E-state index contributed by atoms with van der Waals surface area (Å²) in [4.78, 5) is 29.4. The summed E-state index contributed by atoms with van der Waals surface area (Å²) in [5, 5.41) is 4.93. The van der Waals surface area contributed by atoms with Crippen LogP contribution in [0.5, 0.6) is 11.6 Å². The minimum atomic E-state index is -0.769. The maximum absolute atomic E-state index is 13.5. The summed E-state index contributed by atoms with van der Waals surface area (Å²) in [6, 6.07) is 6.70. The highest BCUT2D eigenvalue weighted by Crippen LogP contribution is 2.36. The highest BCUT2D eigenvalue weighted by atomic mass is 35.5. The molecule has 0 fully saturated rings. The Kier molecular flexibility index (Phi) is 7.03. The second kappa shape index (κ2) is 10.0. The fourth-order valence-corrected chi connectivity index (χ4v) is 4.27. The Hall–Kier alpha value is -3.85. The van der Waals surface area contributed by atoms with E-state index in [4.69, 9.17) is 31.2 Å². The maximum Gasteiger partial charge on any atom is 0.271 e. The molecule has 0 spiro atoms. The van der Waals surface area contributed by atoms with Crippen molar-refractivity contribution < 1.29 is 18.7 Å². The molecule has 0 aliphatic heterocycles. The lowest BCUT2D eigenvalue weighted by atomic mass is 10.0. The molecule has 0 bridgehead atoms. The molecule has 3 heterocycles. The van der Waals surface area contributed by atoms with Gasteiger partial charge in [-0.1, -0.05) is 11.6 Å². The quantitative estimate of drug-likeness (QED) is 0.331. The van der Waals surface area contributed by atoms with Crippen molar-refractivity contribution in [2.45, 2.75) is 47.3 Å². The van der Waals surface area contributed by atoms with Crippen LogP contribution < -0.4 is 20.6 Å². The van der Waals surface area contributed by atoms with Crippen LogP contribution in [0.1, 0.15) is 54.1 Å². The van der Waals surface area contributed by atoms with E-state index >= 15 is 0 Å². The predicted molar refractivity (Wildman–Crippen MR) is 137 cm³/mol. The first-order valence-electron chi connectivity index (χ1n) is 11.6. The molecule has 36 heavy (non-hydrogen) atoms. The van der Waals surface area contributed by atoms with E-state index in [-0.39, 0.29) is 22.0 Å². The highest BCUT2D eigenvalue weighted by Gasteiger charge is 2.24. The van der Waals surface area contributed by atoms with Gasteiger partial charge in [-0.3, -0.25) is 9.59 Å². The zero-order valence-electron chi connectivity index (χ0n) is 20.7. The molecule has 4 aromatic rings. The van der Waals surface area contributed by atoms with Crippen molar-refractivity contribution in [1.29, 1.82) is 0 Å². The normalized spacial score (nSPS) is 12.1. The third kappa shape index (κ3) is 4.54. The van der Waals surface area contributed by atoms with Gasteiger partial charge < -0.3 is 19.6 Å². The van der Waals surface area contributed by atoms with Gasteiger partial charge in [0.25, 0.3) is 5.91 Å². The molecule has 188 valence electrons. The van der Waals surface area contributed by atoms with E-state index in [1.807, 2.05) is 26.8 Å². The van der Waals surface area contributed by atoms with Crippen LogP contribution in [0.2, 0.25) is 5.15 Å². The van der Waals surface area contributed by atoms with Gasteiger partial charge in [0.05, 0.1) is 23.8 Å². The Balaban J connectivity index is 1.90. The van der Waals surface area contributed by atoms with Gasteiger partial charge in [0.2, 0.25) is 5.88 Å². The summed E-state index contributed by atoms with van der Waals surface area (Å²) >= 11 is 5.93. The van der Waals surface area contributed by atoms with E-state index in [1.54, 1.807) is 30.8 Å². The Morgan fingerprint density at radius 2 is 2.00 bits per heavy atom. The smallest absolute Gasteiger partial charge is 0.271 e. The molecule has 0 saturated carbocycles. The van der Waals surface area contributed by atoms with Gasteiger partial charge in [0.15, 0.2) is 16.9 Å². The molecule has 9 nitrogen and oxygen atoms in total. The number of pyridine rings is 1. The van der Waals surface area contributed by atoms with E-state index in [9.17, 15) is 9.59 Å². The summed E-state index contributed by atoms with van der Waals surface area (Å²) in [6.07, 6.45) is 1.01. The molecule has 4 rings (SSSR count). The van der Waals surface area contributed by atoms with Gasteiger partial charge in [-0.05, 0) is 64.4 Å². The molecule has 1 unspecified atom stereocenters. The number of benzene rings is 1. The fourth-order valence-electron chi connectivity index (χ4n) is 4.12. The van der Waals surface area contributed by atoms with Crippen molar-refractivity contribution in [3.05, 3.63) is 68.2 Å². The molecular formula is C26H27ClN4O5. The number of nitrogens with zero attached hydrogens (tertiary/aromatic N) is 3. The Morgan fingerprint density at radius 3 is 2.67 bits per heavy atom. The van der Waals surface area contributed by atoms with E-state index in [0.29, 0.717) is 52.5 Å². The summed E-state index contributed by atoms with van der Waals surface area (Å²) in [7, 11) is 0. The van der Waals surface area contributed by atoms with E-state index in [1.165, 1.54) is 12.1 Å². The highest BCUT2D eigenvalue weighted by molar-refractivity contribution is 6.29. The third-order valence-corrected chi connectivity index (χ3v) is 6.02. The van der Waals surface area contributed by atoms with Crippen molar-refractivity contribution >= 4 is 28.5 Å². The van der Waals surface area contributed by atoms with Crippen LogP contribution in [0, 0.1) is 13.8 Å². The zero-order valence-corrected chi connectivity index (χ0v) is 21.5. The first-order valence-corrected chi connectivity index (χ1v) is 11.9. The molecule has 1 aromatic carbocycles. The number of halogens is 1. The number of ether oxygens (including phenoxy) is 2. The van der Waals surface area contributed by atoms with Crippen molar-refractivity contribution in [2.24, 2.45) is 5.73 Å². The zero-order chi connectivity index (χ0) is 26.1.